The van der Waals surface area contributed by atoms with Crippen LogP contribution in [-0.4, -0.2) is 0 Å². The first-order valence-corrected chi connectivity index (χ1v) is 21.9. The Morgan fingerprint density at radius 3 is 1.41 bits per heavy atom. The van der Waals surface area contributed by atoms with Crippen LogP contribution in [0.1, 0.15) is 99.9 Å². The van der Waals surface area contributed by atoms with Crippen molar-refractivity contribution in [3.63, 3.8) is 0 Å². The van der Waals surface area contributed by atoms with Gasteiger partial charge in [-0.2, -0.15) is 0 Å². The lowest BCUT2D eigenvalue weighted by molar-refractivity contribution is 0.588. The molecule has 8 aromatic carbocycles. The summed E-state index contributed by atoms with van der Waals surface area (Å²) in [5, 5.41) is 0. The Hall–Kier alpha value is -6.44. The highest BCUT2D eigenvalue weighted by Gasteiger charge is 2.47. The van der Waals surface area contributed by atoms with Crippen molar-refractivity contribution in [2.45, 2.75) is 77.0 Å². The third kappa shape index (κ3) is 6.12. The highest BCUT2D eigenvalue weighted by molar-refractivity contribution is 5.91. The predicted molar refractivity (Wildman–Crippen MR) is 259 cm³/mol. The van der Waals surface area contributed by atoms with E-state index in [2.05, 4.69) is 248 Å². The van der Waals surface area contributed by atoms with Crippen LogP contribution >= 0.6 is 0 Å². The molecule has 0 aromatic heterocycles. The van der Waals surface area contributed by atoms with Crippen molar-refractivity contribution >= 4 is 17.1 Å². The number of nitrogens with zero attached hydrogens (tertiary/aromatic N) is 1. The highest BCUT2D eigenvalue weighted by Crippen LogP contribution is 2.58. The van der Waals surface area contributed by atoms with Crippen LogP contribution in [0.2, 0.25) is 0 Å². The van der Waals surface area contributed by atoms with Crippen molar-refractivity contribution in [2.75, 3.05) is 4.90 Å². The van der Waals surface area contributed by atoms with Crippen LogP contribution in [0, 0.1) is 0 Å². The van der Waals surface area contributed by atoms with Crippen LogP contribution in [0.25, 0.3) is 33.4 Å². The zero-order chi connectivity index (χ0) is 42.3. The lowest BCUT2D eigenvalue weighted by Crippen LogP contribution is -2.29. The van der Waals surface area contributed by atoms with Crippen LogP contribution < -0.4 is 4.90 Å². The summed E-state index contributed by atoms with van der Waals surface area (Å²) in [7, 11) is 0. The normalized spacial score (nSPS) is 14.5. The molecule has 61 heavy (non-hydrogen) atoms. The zero-order valence-corrected chi connectivity index (χ0v) is 36.8. The summed E-state index contributed by atoms with van der Waals surface area (Å²) in [5.41, 5.74) is 21.3. The molecule has 0 spiro atoms. The SMILES string of the molecule is CC(C)(C)c1ccc(C2(c3ccc(C(C)(C)C)cc3)c3ccccc3-c3ccc(N(c4ccccc4)c4ccc(-c5cccc6c5C(C)(C)c5ccccc5-6)cc4)cc32)cc1. The number of anilines is 3. The fourth-order valence-corrected chi connectivity index (χ4v) is 10.5. The Kier molecular flexibility index (Phi) is 8.93. The Morgan fingerprint density at radius 2 is 0.820 bits per heavy atom. The van der Waals surface area contributed by atoms with E-state index in [9.17, 15) is 0 Å². The van der Waals surface area contributed by atoms with E-state index in [0.29, 0.717) is 0 Å². The summed E-state index contributed by atoms with van der Waals surface area (Å²) < 4.78 is 0. The molecule has 0 bridgehead atoms. The average molecular weight is 790 g/mol. The van der Waals surface area contributed by atoms with E-state index in [1.807, 2.05) is 0 Å². The first kappa shape index (κ1) is 38.7. The van der Waals surface area contributed by atoms with Crippen LogP contribution in [0.4, 0.5) is 17.1 Å². The Morgan fingerprint density at radius 1 is 0.361 bits per heavy atom. The number of benzene rings is 8. The van der Waals surface area contributed by atoms with Gasteiger partial charge in [0.25, 0.3) is 0 Å². The van der Waals surface area contributed by atoms with Crippen molar-refractivity contribution in [2.24, 2.45) is 0 Å². The molecule has 10 rings (SSSR count). The quantitative estimate of drug-likeness (QED) is 0.162. The summed E-state index contributed by atoms with van der Waals surface area (Å²) in [5.74, 6) is 0. The second kappa shape index (κ2) is 14.1. The second-order valence-electron chi connectivity index (χ2n) is 19.8. The molecular weight excluding hydrogens is 735 g/mol. The maximum Gasteiger partial charge on any atom is 0.0714 e. The molecule has 0 aliphatic heterocycles. The van der Waals surface area contributed by atoms with E-state index in [1.54, 1.807) is 0 Å². The molecule has 0 unspecified atom stereocenters. The lowest BCUT2D eigenvalue weighted by atomic mass is 9.67. The van der Waals surface area contributed by atoms with Crippen molar-refractivity contribution in [1.29, 1.82) is 0 Å². The van der Waals surface area contributed by atoms with E-state index >= 15 is 0 Å². The van der Waals surface area contributed by atoms with E-state index in [0.717, 1.165) is 17.1 Å². The fraction of sp³-hybridized carbons (Fsp3) is 0.200. The maximum atomic E-state index is 2.48. The van der Waals surface area contributed by atoms with Crippen molar-refractivity contribution in [3.8, 4) is 33.4 Å². The largest absolute Gasteiger partial charge is 0.310 e. The fourth-order valence-electron chi connectivity index (χ4n) is 10.5. The highest BCUT2D eigenvalue weighted by atomic mass is 15.1. The van der Waals surface area contributed by atoms with Crippen LogP contribution in [0.5, 0.6) is 0 Å². The molecule has 1 heteroatoms. The minimum atomic E-state index is -0.529. The zero-order valence-electron chi connectivity index (χ0n) is 36.8. The van der Waals surface area contributed by atoms with Crippen molar-refractivity contribution in [3.05, 3.63) is 233 Å². The van der Waals surface area contributed by atoms with Gasteiger partial charge in [-0.25, -0.2) is 0 Å². The van der Waals surface area contributed by atoms with Crippen LogP contribution in [-0.2, 0) is 21.7 Å². The molecule has 0 atom stereocenters. The van der Waals surface area contributed by atoms with E-state index in [-0.39, 0.29) is 16.2 Å². The molecule has 0 amide bonds. The van der Waals surface area contributed by atoms with Crippen molar-refractivity contribution < 1.29 is 0 Å². The summed E-state index contributed by atoms with van der Waals surface area (Å²) in [6.07, 6.45) is 0. The summed E-state index contributed by atoms with van der Waals surface area (Å²) in [6.45, 7) is 18.5. The number of rotatable bonds is 6. The second-order valence-corrected chi connectivity index (χ2v) is 19.8. The molecule has 2 aliphatic rings. The van der Waals surface area contributed by atoms with Gasteiger partial charge >= 0.3 is 0 Å². The minimum Gasteiger partial charge on any atom is -0.310 e. The molecule has 300 valence electrons. The first-order valence-electron chi connectivity index (χ1n) is 21.9. The Labute approximate surface area is 363 Å². The van der Waals surface area contributed by atoms with Gasteiger partial charge in [0.2, 0.25) is 0 Å². The molecule has 0 saturated carbocycles. The summed E-state index contributed by atoms with van der Waals surface area (Å²) in [6, 6.07) is 71.1. The average Bonchev–Trinajstić information content (AvgIpc) is 3.69. The molecule has 0 saturated heterocycles. The Balaban J connectivity index is 1.15. The van der Waals surface area contributed by atoms with Gasteiger partial charge in [-0.3, -0.25) is 0 Å². The number of fused-ring (bicyclic) bond motifs is 6. The molecular formula is C60H55N. The molecule has 2 aliphatic carbocycles. The van der Waals surface area contributed by atoms with Gasteiger partial charge in [0.15, 0.2) is 0 Å². The number of para-hydroxylation sites is 1. The number of hydrogen-bond acceptors (Lipinski definition) is 1. The Bertz CT molecular complexity index is 2860. The predicted octanol–water partition coefficient (Wildman–Crippen LogP) is 16.1. The summed E-state index contributed by atoms with van der Waals surface area (Å²) in [4.78, 5) is 2.43. The van der Waals surface area contributed by atoms with Gasteiger partial charge in [0, 0.05) is 22.5 Å². The minimum absolute atomic E-state index is 0.0478. The van der Waals surface area contributed by atoms with Gasteiger partial charge in [0.1, 0.15) is 0 Å². The van der Waals surface area contributed by atoms with E-state index < -0.39 is 5.41 Å². The topological polar surface area (TPSA) is 3.24 Å². The van der Waals surface area contributed by atoms with Gasteiger partial charge in [-0.1, -0.05) is 207 Å². The molecule has 0 fully saturated rings. The molecule has 8 aromatic rings. The van der Waals surface area contributed by atoms with E-state index in [4.69, 9.17) is 0 Å². The van der Waals surface area contributed by atoms with Gasteiger partial charge < -0.3 is 4.90 Å². The monoisotopic (exact) mass is 789 g/mol. The number of hydrogen-bond donors (Lipinski definition) is 0. The smallest absolute Gasteiger partial charge is 0.0714 e. The van der Waals surface area contributed by atoms with Crippen LogP contribution in [0.15, 0.2) is 188 Å². The molecule has 1 nitrogen and oxygen atoms in total. The van der Waals surface area contributed by atoms with Gasteiger partial charge in [-0.15, -0.1) is 0 Å². The molecule has 0 radical (unpaired) electrons. The third-order valence-electron chi connectivity index (χ3n) is 13.7. The standard InChI is InChI=1S/C60H55N/c1-57(2,3)41-27-31-43(32-28-41)60(44-33-29-42(30-34-44)58(4,5)6)54-24-15-13-19-49(54)51-38-37-47(39-55(51)60)61(45-17-10-9-11-18-45)46-35-25-40(26-36-46)48-21-16-22-52-50-20-12-14-23-53(50)59(7,8)56(48)52/h9-39H,1-8H3. The first-order chi connectivity index (χ1) is 29.3. The van der Waals surface area contributed by atoms with Gasteiger partial charge in [0.05, 0.1) is 5.41 Å². The third-order valence-corrected chi connectivity index (χ3v) is 13.7. The molecule has 0 N–H and O–H groups in total. The molecule has 0 heterocycles. The van der Waals surface area contributed by atoms with Crippen molar-refractivity contribution in [1.82, 2.24) is 0 Å². The lowest BCUT2D eigenvalue weighted by Gasteiger charge is -2.36. The maximum absolute atomic E-state index is 2.48. The summed E-state index contributed by atoms with van der Waals surface area (Å²) >= 11 is 0. The van der Waals surface area contributed by atoms with Gasteiger partial charge in [-0.05, 0) is 125 Å². The van der Waals surface area contributed by atoms with E-state index in [1.165, 1.54) is 77.9 Å². The van der Waals surface area contributed by atoms with Crippen LogP contribution in [0.3, 0.4) is 0 Å².